The van der Waals surface area contributed by atoms with Crippen molar-refractivity contribution >= 4 is 16.9 Å². The molecule has 0 aromatic heterocycles. The number of aliphatic imine (C=N–C) groups is 1. The lowest BCUT2D eigenvalue weighted by Crippen LogP contribution is -2.38. The maximum Gasteiger partial charge on any atom is 0.124 e. The molecule has 1 heterocycles. The molecule has 0 saturated heterocycles. The number of para-hydroxylation sites is 1. The van der Waals surface area contributed by atoms with E-state index in [1.807, 2.05) is 19.1 Å². The van der Waals surface area contributed by atoms with Gasteiger partial charge >= 0.3 is 0 Å². The van der Waals surface area contributed by atoms with E-state index in [0.29, 0.717) is 23.7 Å². The van der Waals surface area contributed by atoms with Gasteiger partial charge in [0.05, 0.1) is 17.6 Å². The second-order valence-corrected chi connectivity index (χ2v) is 5.75. The molecular weight excluding hydrogens is 264 g/mol. The number of fused-ring (bicyclic) bond motifs is 1. The lowest BCUT2D eigenvalue weighted by atomic mass is 9.91. The molecule has 104 valence electrons. The molecule has 0 spiro atoms. The van der Waals surface area contributed by atoms with Crippen LogP contribution >= 0.6 is 0 Å². The molecular formula is C13H17N2O3S-. The lowest BCUT2D eigenvalue weighted by Gasteiger charge is -2.38. The summed E-state index contributed by atoms with van der Waals surface area (Å²) in [6.45, 7) is 3.93. The summed E-state index contributed by atoms with van der Waals surface area (Å²) in [6, 6.07) is 7.22. The fraction of sp³-hybridized carbons (Fsp3) is 0.462. The summed E-state index contributed by atoms with van der Waals surface area (Å²) < 4.78 is 28.8. The van der Waals surface area contributed by atoms with Crippen LogP contribution in [-0.4, -0.2) is 27.2 Å². The molecule has 0 bridgehead atoms. The van der Waals surface area contributed by atoms with Gasteiger partial charge in [-0.25, -0.2) is 0 Å². The van der Waals surface area contributed by atoms with Gasteiger partial charge in [-0.15, -0.1) is 0 Å². The van der Waals surface area contributed by atoms with Crippen LogP contribution in [0, 0.1) is 5.92 Å². The van der Waals surface area contributed by atoms with E-state index in [2.05, 4.69) is 4.99 Å². The first-order valence-electron chi connectivity index (χ1n) is 6.11. The molecule has 2 N–H and O–H groups in total. The molecule has 6 heteroatoms. The minimum absolute atomic E-state index is 0.170. The van der Waals surface area contributed by atoms with Crippen LogP contribution in [0.2, 0.25) is 0 Å². The highest BCUT2D eigenvalue weighted by Crippen LogP contribution is 2.41. The first-order chi connectivity index (χ1) is 9.00. The molecule has 0 amide bonds. The number of hydrogen-bond donors (Lipinski definition) is 1. The van der Waals surface area contributed by atoms with Gasteiger partial charge in [0.25, 0.3) is 0 Å². The second-order valence-electron chi connectivity index (χ2n) is 4.72. The van der Waals surface area contributed by atoms with E-state index in [1.165, 1.54) is 0 Å². The minimum atomic E-state index is -2.19. The number of nitrogens with two attached hydrogens (primary N) is 1. The standard InChI is InChI=1S/C13H18N2O3S/c1-8-12(7-15-9(2)14)18-11-6-4-3-5-10(11)13(8)19(16)17/h3-6,8,12-13H,7H2,1-2H3,(H2,14,15)(H,16,17)/p-1. The average molecular weight is 281 g/mol. The van der Waals surface area contributed by atoms with Crippen molar-refractivity contribution in [1.82, 2.24) is 0 Å². The highest BCUT2D eigenvalue weighted by molar-refractivity contribution is 7.79. The third kappa shape index (κ3) is 2.96. The summed E-state index contributed by atoms with van der Waals surface area (Å²) in [5, 5.41) is -0.566. The number of ether oxygens (including phenoxy) is 1. The summed E-state index contributed by atoms with van der Waals surface area (Å²) in [5.74, 6) is 0.912. The summed E-state index contributed by atoms with van der Waals surface area (Å²) in [5.41, 5.74) is 6.23. The molecule has 1 aliphatic heterocycles. The van der Waals surface area contributed by atoms with Crippen molar-refractivity contribution in [2.24, 2.45) is 16.6 Å². The molecule has 0 saturated carbocycles. The molecule has 5 nitrogen and oxygen atoms in total. The summed E-state index contributed by atoms with van der Waals surface area (Å²) >= 11 is -2.19. The molecule has 1 aromatic rings. The Morgan fingerprint density at radius 2 is 2.21 bits per heavy atom. The largest absolute Gasteiger partial charge is 0.772 e. The smallest absolute Gasteiger partial charge is 0.124 e. The van der Waals surface area contributed by atoms with Crippen LogP contribution in [0.15, 0.2) is 29.3 Å². The Hall–Kier alpha value is -1.40. The summed E-state index contributed by atoms with van der Waals surface area (Å²) in [4.78, 5) is 4.13. The Morgan fingerprint density at radius 1 is 1.53 bits per heavy atom. The number of amidine groups is 1. The number of hydrogen-bond acceptors (Lipinski definition) is 4. The maximum absolute atomic E-state index is 11.5. The van der Waals surface area contributed by atoms with Gasteiger partial charge < -0.3 is 15.0 Å². The van der Waals surface area contributed by atoms with Crippen LogP contribution in [0.4, 0.5) is 0 Å². The Balaban J connectivity index is 2.34. The molecule has 0 fully saturated rings. The van der Waals surface area contributed by atoms with Gasteiger partial charge in [-0.2, -0.15) is 0 Å². The Kier molecular flexibility index (Phi) is 4.21. The molecule has 4 atom stereocenters. The van der Waals surface area contributed by atoms with E-state index >= 15 is 0 Å². The van der Waals surface area contributed by atoms with Gasteiger partial charge in [0.1, 0.15) is 11.9 Å². The summed E-state index contributed by atoms with van der Waals surface area (Å²) in [6.07, 6.45) is -0.281. The average Bonchev–Trinajstić information content (AvgIpc) is 2.35. The topological polar surface area (TPSA) is 87.7 Å². The molecule has 1 aromatic carbocycles. The van der Waals surface area contributed by atoms with Gasteiger partial charge in [-0.05, 0) is 24.1 Å². The fourth-order valence-electron chi connectivity index (χ4n) is 2.29. The first kappa shape index (κ1) is 14.0. The monoisotopic (exact) mass is 281 g/mol. The van der Waals surface area contributed by atoms with E-state index < -0.39 is 16.3 Å². The lowest BCUT2D eigenvalue weighted by molar-refractivity contribution is 0.125. The van der Waals surface area contributed by atoms with E-state index in [4.69, 9.17) is 10.5 Å². The Morgan fingerprint density at radius 3 is 2.84 bits per heavy atom. The summed E-state index contributed by atoms with van der Waals surface area (Å²) in [7, 11) is 0. The van der Waals surface area contributed by atoms with Crippen molar-refractivity contribution in [2.45, 2.75) is 25.2 Å². The van der Waals surface area contributed by atoms with Crippen molar-refractivity contribution in [2.75, 3.05) is 6.54 Å². The van der Waals surface area contributed by atoms with Gasteiger partial charge in [-0.1, -0.05) is 25.1 Å². The maximum atomic E-state index is 11.5. The van der Waals surface area contributed by atoms with Crippen molar-refractivity contribution in [3.8, 4) is 5.75 Å². The van der Waals surface area contributed by atoms with Crippen LogP contribution in [0.25, 0.3) is 0 Å². The van der Waals surface area contributed by atoms with Crippen molar-refractivity contribution < 1.29 is 13.5 Å². The zero-order chi connectivity index (χ0) is 14.0. The van der Waals surface area contributed by atoms with Crippen LogP contribution in [0.5, 0.6) is 5.75 Å². The van der Waals surface area contributed by atoms with Crippen molar-refractivity contribution in [1.29, 1.82) is 0 Å². The van der Waals surface area contributed by atoms with Crippen LogP contribution in [0.1, 0.15) is 24.7 Å². The van der Waals surface area contributed by atoms with E-state index in [-0.39, 0.29) is 12.0 Å². The highest BCUT2D eigenvalue weighted by Gasteiger charge is 2.35. The third-order valence-corrected chi connectivity index (χ3v) is 4.39. The van der Waals surface area contributed by atoms with Gasteiger partial charge in [0.2, 0.25) is 0 Å². The molecule has 0 radical (unpaired) electrons. The molecule has 0 aliphatic carbocycles. The Bertz CT molecular complexity index is 514. The predicted octanol–water partition coefficient (Wildman–Crippen LogP) is 1.38. The van der Waals surface area contributed by atoms with Crippen LogP contribution in [-0.2, 0) is 11.1 Å². The van der Waals surface area contributed by atoms with E-state index in [0.717, 1.165) is 0 Å². The number of nitrogens with zero attached hydrogens (tertiary/aromatic N) is 1. The number of rotatable bonds is 3. The molecule has 19 heavy (non-hydrogen) atoms. The Labute approximate surface area is 115 Å². The van der Waals surface area contributed by atoms with Crippen molar-refractivity contribution in [3.05, 3.63) is 29.8 Å². The quantitative estimate of drug-likeness (QED) is 0.515. The van der Waals surface area contributed by atoms with Gasteiger partial charge in [0.15, 0.2) is 0 Å². The van der Waals surface area contributed by atoms with E-state index in [9.17, 15) is 8.76 Å². The third-order valence-electron chi connectivity index (χ3n) is 3.30. The first-order valence-corrected chi connectivity index (χ1v) is 7.24. The zero-order valence-corrected chi connectivity index (χ0v) is 11.7. The van der Waals surface area contributed by atoms with Gasteiger partial charge in [-0.3, -0.25) is 9.20 Å². The molecule has 2 rings (SSSR count). The van der Waals surface area contributed by atoms with Gasteiger partial charge in [0, 0.05) is 11.5 Å². The second kappa shape index (κ2) is 5.71. The zero-order valence-electron chi connectivity index (χ0n) is 10.9. The predicted molar refractivity (Wildman–Crippen MR) is 73.8 cm³/mol. The molecule has 4 unspecified atom stereocenters. The van der Waals surface area contributed by atoms with Crippen LogP contribution in [0.3, 0.4) is 0 Å². The minimum Gasteiger partial charge on any atom is -0.772 e. The van der Waals surface area contributed by atoms with Crippen LogP contribution < -0.4 is 10.5 Å². The normalized spacial score (nSPS) is 28.4. The fourth-order valence-corrected chi connectivity index (χ4v) is 3.22. The molecule has 1 aliphatic rings. The SMILES string of the molecule is CC(N)=NCC1Oc2ccccc2C(S(=O)[O-])C1C. The highest BCUT2D eigenvalue weighted by atomic mass is 32.2. The van der Waals surface area contributed by atoms with E-state index in [1.54, 1.807) is 19.1 Å². The number of benzene rings is 1. The van der Waals surface area contributed by atoms with Crippen molar-refractivity contribution in [3.63, 3.8) is 0 Å².